The van der Waals surface area contributed by atoms with Gasteiger partial charge in [-0.25, -0.2) is 9.97 Å². The molecule has 3 aromatic rings. The number of nitrogens with zero attached hydrogens (tertiary/aromatic N) is 3. The molecule has 5 nitrogen and oxygen atoms in total. The number of hydrogen-bond acceptors (Lipinski definition) is 6. The molecule has 4 heterocycles. The van der Waals surface area contributed by atoms with E-state index in [1.54, 1.807) is 11.3 Å². The molecule has 0 bridgehead atoms. The highest BCUT2D eigenvalue weighted by atomic mass is 35.5. The van der Waals surface area contributed by atoms with Crippen molar-refractivity contribution in [2.24, 2.45) is 0 Å². The molecule has 1 fully saturated rings. The van der Waals surface area contributed by atoms with E-state index < -0.39 is 0 Å². The second-order valence-electron chi connectivity index (χ2n) is 6.71. The van der Waals surface area contributed by atoms with E-state index in [0.717, 1.165) is 35.1 Å². The third-order valence-corrected chi connectivity index (χ3v) is 7.52. The number of hydrogen-bond donors (Lipinski definition) is 1. The second kappa shape index (κ2) is 9.29. The SMILES string of the molecule is O=C(Nc1nc(-c2cc(Cl)cs2)c(CN2CCCCC2)s1)c1cnc(Cl)c(Cl)c1. The molecule has 10 heteroatoms. The molecule has 0 saturated carbocycles. The van der Waals surface area contributed by atoms with E-state index in [4.69, 9.17) is 39.8 Å². The molecule has 3 aromatic heterocycles. The summed E-state index contributed by atoms with van der Waals surface area (Å²) in [5.41, 5.74) is 1.20. The van der Waals surface area contributed by atoms with Crippen LogP contribution in [-0.4, -0.2) is 33.9 Å². The fourth-order valence-electron chi connectivity index (χ4n) is 3.18. The molecule has 1 aliphatic heterocycles. The van der Waals surface area contributed by atoms with Crippen LogP contribution < -0.4 is 5.32 Å². The van der Waals surface area contributed by atoms with Crippen molar-refractivity contribution in [2.45, 2.75) is 25.8 Å². The van der Waals surface area contributed by atoms with Crippen LogP contribution in [0.15, 0.2) is 23.7 Å². The molecule has 152 valence electrons. The van der Waals surface area contributed by atoms with Crippen molar-refractivity contribution in [1.82, 2.24) is 14.9 Å². The third-order valence-electron chi connectivity index (χ3n) is 4.59. The maximum atomic E-state index is 12.6. The number of rotatable bonds is 5. The Labute approximate surface area is 191 Å². The Morgan fingerprint density at radius 2 is 1.97 bits per heavy atom. The smallest absolute Gasteiger partial charge is 0.259 e. The molecule has 1 N–H and O–H groups in total. The summed E-state index contributed by atoms with van der Waals surface area (Å²) < 4.78 is 0. The lowest BCUT2D eigenvalue weighted by Crippen LogP contribution is -2.28. The molecule has 4 rings (SSSR count). The molecule has 1 saturated heterocycles. The Hall–Kier alpha value is -1.22. The summed E-state index contributed by atoms with van der Waals surface area (Å²) in [7, 11) is 0. The number of anilines is 1. The Morgan fingerprint density at radius 3 is 2.66 bits per heavy atom. The Kier molecular flexibility index (Phi) is 6.73. The van der Waals surface area contributed by atoms with Crippen LogP contribution in [0.5, 0.6) is 0 Å². The van der Waals surface area contributed by atoms with Gasteiger partial charge in [-0.3, -0.25) is 15.0 Å². The van der Waals surface area contributed by atoms with Gasteiger partial charge in [0.05, 0.1) is 26.2 Å². The molecule has 0 atom stereocenters. The van der Waals surface area contributed by atoms with Gasteiger partial charge in [0.15, 0.2) is 5.13 Å². The fraction of sp³-hybridized carbons (Fsp3) is 0.316. The minimum absolute atomic E-state index is 0.165. The highest BCUT2D eigenvalue weighted by molar-refractivity contribution is 7.17. The molecule has 0 unspecified atom stereocenters. The summed E-state index contributed by atoms with van der Waals surface area (Å²) in [6.07, 6.45) is 5.11. The van der Waals surface area contributed by atoms with Gasteiger partial charge in [0, 0.05) is 23.0 Å². The summed E-state index contributed by atoms with van der Waals surface area (Å²) in [5.74, 6) is -0.329. The lowest BCUT2D eigenvalue weighted by molar-refractivity contribution is 0.102. The highest BCUT2D eigenvalue weighted by Crippen LogP contribution is 2.37. The van der Waals surface area contributed by atoms with Gasteiger partial charge in [0.2, 0.25) is 0 Å². The first-order valence-corrected chi connectivity index (χ1v) is 11.9. The van der Waals surface area contributed by atoms with Crippen LogP contribution in [0.3, 0.4) is 0 Å². The fourth-order valence-corrected chi connectivity index (χ4v) is 5.62. The topological polar surface area (TPSA) is 58.1 Å². The molecule has 0 radical (unpaired) electrons. The monoisotopic (exact) mass is 486 g/mol. The molecular formula is C19H17Cl3N4OS2. The Morgan fingerprint density at radius 1 is 1.17 bits per heavy atom. The number of likely N-dealkylation sites (tertiary alicyclic amines) is 1. The lowest BCUT2D eigenvalue weighted by Gasteiger charge is -2.25. The zero-order chi connectivity index (χ0) is 20.4. The number of amides is 1. The minimum Gasteiger partial charge on any atom is -0.298 e. The lowest BCUT2D eigenvalue weighted by atomic mass is 10.1. The molecular weight excluding hydrogens is 471 g/mol. The quantitative estimate of drug-likeness (QED) is 0.419. The summed E-state index contributed by atoms with van der Waals surface area (Å²) in [5, 5.41) is 6.37. The van der Waals surface area contributed by atoms with Crippen molar-refractivity contribution in [3.8, 4) is 10.6 Å². The van der Waals surface area contributed by atoms with Gasteiger partial charge in [-0.2, -0.15) is 0 Å². The van der Waals surface area contributed by atoms with Gasteiger partial charge in [-0.1, -0.05) is 52.6 Å². The van der Waals surface area contributed by atoms with Crippen molar-refractivity contribution in [1.29, 1.82) is 0 Å². The summed E-state index contributed by atoms with van der Waals surface area (Å²) >= 11 is 21.0. The van der Waals surface area contributed by atoms with Crippen LogP contribution in [0.1, 0.15) is 34.5 Å². The molecule has 0 spiro atoms. The zero-order valence-corrected chi connectivity index (χ0v) is 19.2. The highest BCUT2D eigenvalue weighted by Gasteiger charge is 2.20. The standard InChI is InChI=1S/C19H17Cl3N4OS2/c20-12-7-14(28-10-12)16-15(9-26-4-2-1-3-5-26)29-19(24-16)25-18(27)11-6-13(21)17(22)23-8-11/h6-8,10H,1-5,9H2,(H,24,25,27). The van der Waals surface area contributed by atoms with Gasteiger partial charge >= 0.3 is 0 Å². The largest absolute Gasteiger partial charge is 0.298 e. The predicted octanol–water partition coefficient (Wildman–Crippen LogP) is 6.47. The van der Waals surface area contributed by atoms with Crippen LogP contribution >= 0.6 is 57.5 Å². The number of aromatic nitrogens is 2. The second-order valence-corrected chi connectivity index (χ2v) is 9.90. The van der Waals surface area contributed by atoms with Crippen LogP contribution in [0.25, 0.3) is 10.6 Å². The number of halogens is 3. The maximum absolute atomic E-state index is 12.6. The van der Waals surface area contributed by atoms with Crippen molar-refractivity contribution >= 4 is 68.5 Å². The summed E-state index contributed by atoms with van der Waals surface area (Å²) in [6.45, 7) is 2.98. The van der Waals surface area contributed by atoms with Crippen LogP contribution in [0.2, 0.25) is 15.2 Å². The third kappa shape index (κ3) is 5.10. The van der Waals surface area contributed by atoms with Crippen LogP contribution in [0.4, 0.5) is 5.13 Å². The average molecular weight is 488 g/mol. The van der Waals surface area contributed by atoms with Crippen LogP contribution in [-0.2, 0) is 6.54 Å². The molecule has 0 aliphatic carbocycles. The number of piperidine rings is 1. The molecule has 29 heavy (non-hydrogen) atoms. The first-order valence-electron chi connectivity index (χ1n) is 9.08. The van der Waals surface area contributed by atoms with E-state index >= 15 is 0 Å². The van der Waals surface area contributed by atoms with Crippen molar-refractivity contribution < 1.29 is 4.79 Å². The van der Waals surface area contributed by atoms with Gasteiger partial charge in [-0.15, -0.1) is 11.3 Å². The molecule has 0 aromatic carbocycles. The van der Waals surface area contributed by atoms with Crippen LogP contribution in [0, 0.1) is 0 Å². The molecule has 1 amide bonds. The van der Waals surface area contributed by atoms with E-state index in [-0.39, 0.29) is 16.1 Å². The van der Waals surface area contributed by atoms with E-state index in [2.05, 4.69) is 15.2 Å². The Bertz CT molecular complexity index is 1030. The number of thiophene rings is 1. The average Bonchev–Trinajstić information content (AvgIpc) is 3.30. The number of pyridine rings is 1. The van der Waals surface area contributed by atoms with Gasteiger partial charge in [0.1, 0.15) is 5.15 Å². The van der Waals surface area contributed by atoms with E-state index in [0.29, 0.717) is 15.7 Å². The number of thiazole rings is 1. The summed E-state index contributed by atoms with van der Waals surface area (Å²) in [6, 6.07) is 3.41. The van der Waals surface area contributed by atoms with Gasteiger partial charge in [0.25, 0.3) is 5.91 Å². The minimum atomic E-state index is -0.329. The van der Waals surface area contributed by atoms with E-state index in [1.165, 1.54) is 42.9 Å². The number of carbonyl (C=O) groups excluding carboxylic acids is 1. The molecule has 1 aliphatic rings. The van der Waals surface area contributed by atoms with E-state index in [9.17, 15) is 4.79 Å². The zero-order valence-electron chi connectivity index (χ0n) is 15.3. The maximum Gasteiger partial charge on any atom is 0.259 e. The van der Waals surface area contributed by atoms with Gasteiger partial charge < -0.3 is 0 Å². The van der Waals surface area contributed by atoms with E-state index in [1.807, 2.05) is 11.4 Å². The van der Waals surface area contributed by atoms with Crippen molar-refractivity contribution in [3.63, 3.8) is 0 Å². The first-order chi connectivity index (χ1) is 14.0. The Balaban J connectivity index is 1.59. The van der Waals surface area contributed by atoms with Crippen molar-refractivity contribution in [3.05, 3.63) is 49.3 Å². The predicted molar refractivity (Wildman–Crippen MR) is 122 cm³/mol. The normalized spacial score (nSPS) is 14.9. The van der Waals surface area contributed by atoms with Crippen molar-refractivity contribution in [2.75, 3.05) is 18.4 Å². The van der Waals surface area contributed by atoms with Gasteiger partial charge in [-0.05, 0) is 38.1 Å². The number of nitrogens with one attached hydrogen (secondary N) is 1. The summed E-state index contributed by atoms with van der Waals surface area (Å²) in [4.78, 5) is 25.8. The number of carbonyl (C=O) groups is 1. The first kappa shape index (κ1) is 21.0.